The number of amides is 1. The van der Waals surface area contributed by atoms with Crippen LogP contribution < -0.4 is 11.1 Å². The van der Waals surface area contributed by atoms with E-state index in [1.54, 1.807) is 0 Å². The first kappa shape index (κ1) is 15.2. The van der Waals surface area contributed by atoms with Gasteiger partial charge in [0.15, 0.2) is 0 Å². The summed E-state index contributed by atoms with van der Waals surface area (Å²) in [6, 6.07) is 9.43. The summed E-state index contributed by atoms with van der Waals surface area (Å²) in [6.45, 7) is 0. The number of carbonyl (C=O) groups excluding carboxylic acids is 1. The zero-order chi connectivity index (χ0) is 15.4. The number of primary amides is 1. The first-order valence-electron chi connectivity index (χ1n) is 8.53. The van der Waals surface area contributed by atoms with Crippen molar-refractivity contribution < 1.29 is 9.53 Å². The highest BCUT2D eigenvalue weighted by molar-refractivity contribution is 5.64. The van der Waals surface area contributed by atoms with E-state index in [9.17, 15) is 4.79 Å². The predicted octanol–water partition coefficient (Wildman–Crippen LogP) is 4.16. The van der Waals surface area contributed by atoms with Gasteiger partial charge in [0.1, 0.15) is 6.10 Å². The Morgan fingerprint density at radius 1 is 1.00 bits per heavy atom. The Morgan fingerprint density at radius 3 is 2.23 bits per heavy atom. The van der Waals surface area contributed by atoms with Crippen LogP contribution in [0.4, 0.5) is 10.5 Å². The summed E-state index contributed by atoms with van der Waals surface area (Å²) in [5.41, 5.74) is 7.75. The van der Waals surface area contributed by atoms with Crippen molar-refractivity contribution in [2.45, 2.75) is 69.4 Å². The highest BCUT2D eigenvalue weighted by Gasteiger charge is 2.23. The Kier molecular flexibility index (Phi) is 4.86. The van der Waals surface area contributed by atoms with E-state index in [2.05, 4.69) is 29.6 Å². The van der Waals surface area contributed by atoms with Gasteiger partial charge in [-0.05, 0) is 62.1 Å². The maximum Gasteiger partial charge on any atom is 0.404 e. The molecule has 0 saturated heterocycles. The van der Waals surface area contributed by atoms with Gasteiger partial charge in [0.2, 0.25) is 0 Å². The molecular formula is C18H26N2O2. The number of ether oxygens (including phenoxy) is 1. The molecule has 2 aliphatic rings. The van der Waals surface area contributed by atoms with Crippen molar-refractivity contribution in [3.8, 4) is 0 Å². The third kappa shape index (κ3) is 3.93. The van der Waals surface area contributed by atoms with Crippen molar-refractivity contribution >= 4 is 11.8 Å². The fourth-order valence-corrected chi connectivity index (χ4v) is 3.84. The molecule has 22 heavy (non-hydrogen) atoms. The number of nitrogens with two attached hydrogens (primary N) is 1. The minimum Gasteiger partial charge on any atom is -0.446 e. The van der Waals surface area contributed by atoms with Crippen LogP contribution in [0.3, 0.4) is 0 Å². The van der Waals surface area contributed by atoms with Crippen LogP contribution in [0, 0.1) is 0 Å². The summed E-state index contributed by atoms with van der Waals surface area (Å²) in [6.07, 6.45) is 8.60. The molecule has 2 aliphatic carbocycles. The van der Waals surface area contributed by atoms with Crippen LogP contribution in [-0.4, -0.2) is 18.2 Å². The first-order chi connectivity index (χ1) is 10.7. The third-order valence-electron chi connectivity index (χ3n) is 5.07. The Bertz CT molecular complexity index is 486. The zero-order valence-electron chi connectivity index (χ0n) is 13.1. The van der Waals surface area contributed by atoms with E-state index < -0.39 is 6.09 Å². The molecule has 4 heteroatoms. The molecule has 0 atom stereocenters. The van der Waals surface area contributed by atoms with Crippen molar-refractivity contribution in [3.05, 3.63) is 29.8 Å². The van der Waals surface area contributed by atoms with Crippen LogP contribution in [0.1, 0.15) is 62.8 Å². The molecular weight excluding hydrogens is 276 g/mol. The fraction of sp³-hybridized carbons (Fsp3) is 0.611. The van der Waals surface area contributed by atoms with E-state index in [0.29, 0.717) is 6.04 Å². The molecule has 120 valence electrons. The van der Waals surface area contributed by atoms with Gasteiger partial charge in [-0.2, -0.15) is 0 Å². The molecule has 0 unspecified atom stereocenters. The summed E-state index contributed by atoms with van der Waals surface area (Å²) < 4.78 is 5.07. The van der Waals surface area contributed by atoms with E-state index in [1.165, 1.54) is 36.9 Å². The Hall–Kier alpha value is -1.71. The molecule has 1 amide bonds. The van der Waals surface area contributed by atoms with E-state index in [0.717, 1.165) is 31.6 Å². The van der Waals surface area contributed by atoms with E-state index in [-0.39, 0.29) is 6.10 Å². The third-order valence-corrected chi connectivity index (χ3v) is 5.07. The van der Waals surface area contributed by atoms with Crippen LogP contribution in [0.25, 0.3) is 0 Å². The highest BCUT2D eigenvalue weighted by atomic mass is 16.6. The van der Waals surface area contributed by atoms with Crippen molar-refractivity contribution in [2.75, 3.05) is 5.32 Å². The van der Waals surface area contributed by atoms with Crippen molar-refractivity contribution in [1.29, 1.82) is 0 Å². The molecule has 0 aliphatic heterocycles. The molecule has 3 N–H and O–H groups in total. The summed E-state index contributed by atoms with van der Waals surface area (Å²) >= 11 is 0. The normalized spacial score (nSPS) is 25.8. The number of carbonyl (C=O) groups is 1. The fourth-order valence-electron chi connectivity index (χ4n) is 3.84. The SMILES string of the molecule is NC(=O)OC1CCC(Nc2ccc(C3CCCC3)cc2)CC1. The summed E-state index contributed by atoms with van der Waals surface area (Å²) in [4.78, 5) is 10.8. The maximum absolute atomic E-state index is 10.8. The molecule has 4 nitrogen and oxygen atoms in total. The molecule has 1 aromatic carbocycles. The number of anilines is 1. The Labute approximate surface area is 132 Å². The standard InChI is InChI=1S/C18H26N2O2/c19-18(21)22-17-11-9-16(10-12-17)20-15-7-5-14(6-8-15)13-3-1-2-4-13/h5-8,13,16-17,20H,1-4,9-12H2,(H2,19,21). The van der Waals surface area contributed by atoms with Crippen LogP contribution in [0.5, 0.6) is 0 Å². The molecule has 2 saturated carbocycles. The van der Waals surface area contributed by atoms with Gasteiger partial charge in [0, 0.05) is 11.7 Å². The minimum absolute atomic E-state index is 0.000271. The second-order valence-electron chi connectivity index (χ2n) is 6.66. The number of rotatable bonds is 4. The molecule has 0 spiro atoms. The van der Waals surface area contributed by atoms with E-state index in [1.807, 2.05) is 0 Å². The lowest BCUT2D eigenvalue weighted by molar-refractivity contribution is 0.0806. The Balaban J connectivity index is 1.48. The molecule has 0 heterocycles. The zero-order valence-corrected chi connectivity index (χ0v) is 13.1. The average Bonchev–Trinajstić information content (AvgIpc) is 3.04. The van der Waals surface area contributed by atoms with Crippen molar-refractivity contribution in [1.82, 2.24) is 0 Å². The monoisotopic (exact) mass is 302 g/mol. The topological polar surface area (TPSA) is 64.4 Å². The van der Waals surface area contributed by atoms with E-state index >= 15 is 0 Å². The largest absolute Gasteiger partial charge is 0.446 e. The van der Waals surface area contributed by atoms with Gasteiger partial charge in [0.05, 0.1) is 0 Å². The molecule has 2 fully saturated rings. The number of benzene rings is 1. The maximum atomic E-state index is 10.8. The summed E-state index contributed by atoms with van der Waals surface area (Å²) in [5.74, 6) is 0.774. The predicted molar refractivity (Wildman–Crippen MR) is 88.0 cm³/mol. The van der Waals surface area contributed by atoms with Gasteiger partial charge in [-0.15, -0.1) is 0 Å². The van der Waals surface area contributed by atoms with E-state index in [4.69, 9.17) is 10.5 Å². The highest BCUT2D eigenvalue weighted by Crippen LogP contribution is 2.34. The molecule has 3 rings (SSSR count). The lowest BCUT2D eigenvalue weighted by Crippen LogP contribution is -2.32. The Morgan fingerprint density at radius 2 is 1.64 bits per heavy atom. The lowest BCUT2D eigenvalue weighted by Gasteiger charge is -2.29. The molecule has 0 radical (unpaired) electrons. The van der Waals surface area contributed by atoms with Gasteiger partial charge in [-0.3, -0.25) is 0 Å². The lowest BCUT2D eigenvalue weighted by atomic mass is 9.92. The van der Waals surface area contributed by atoms with Crippen molar-refractivity contribution in [2.24, 2.45) is 5.73 Å². The smallest absolute Gasteiger partial charge is 0.404 e. The van der Waals surface area contributed by atoms with Crippen LogP contribution in [-0.2, 0) is 4.74 Å². The van der Waals surface area contributed by atoms with Crippen LogP contribution in [0.2, 0.25) is 0 Å². The minimum atomic E-state index is -0.654. The summed E-state index contributed by atoms with van der Waals surface area (Å²) in [5, 5.41) is 3.60. The number of hydrogen-bond acceptors (Lipinski definition) is 3. The van der Waals surface area contributed by atoms with Crippen LogP contribution >= 0.6 is 0 Å². The number of nitrogens with one attached hydrogen (secondary N) is 1. The molecule has 0 aromatic heterocycles. The van der Waals surface area contributed by atoms with Gasteiger partial charge >= 0.3 is 6.09 Å². The van der Waals surface area contributed by atoms with Gasteiger partial charge in [-0.25, -0.2) is 4.79 Å². The first-order valence-corrected chi connectivity index (χ1v) is 8.53. The second kappa shape index (κ2) is 7.03. The van der Waals surface area contributed by atoms with Crippen molar-refractivity contribution in [3.63, 3.8) is 0 Å². The number of hydrogen-bond donors (Lipinski definition) is 2. The van der Waals surface area contributed by atoms with Gasteiger partial charge < -0.3 is 15.8 Å². The molecule has 0 bridgehead atoms. The van der Waals surface area contributed by atoms with Gasteiger partial charge in [0.25, 0.3) is 0 Å². The molecule has 1 aromatic rings. The summed E-state index contributed by atoms with van der Waals surface area (Å²) in [7, 11) is 0. The second-order valence-corrected chi connectivity index (χ2v) is 6.66. The van der Waals surface area contributed by atoms with Gasteiger partial charge in [-0.1, -0.05) is 25.0 Å². The quantitative estimate of drug-likeness (QED) is 0.877. The average molecular weight is 302 g/mol. The van der Waals surface area contributed by atoms with Crippen LogP contribution in [0.15, 0.2) is 24.3 Å².